The van der Waals surface area contributed by atoms with Crippen molar-refractivity contribution in [2.24, 2.45) is 55.7 Å². The van der Waals surface area contributed by atoms with E-state index in [2.05, 4.69) is 58.9 Å². The number of hydrogen-bond donors (Lipinski definition) is 3. The van der Waals surface area contributed by atoms with Crippen LogP contribution in [0, 0.1) is 55.7 Å². The van der Waals surface area contributed by atoms with Gasteiger partial charge in [0.2, 0.25) is 0 Å². The van der Waals surface area contributed by atoms with Crippen LogP contribution in [0.25, 0.3) is 0 Å². The van der Waals surface area contributed by atoms with Gasteiger partial charge in [-0.15, -0.1) is 0 Å². The van der Waals surface area contributed by atoms with Gasteiger partial charge >= 0.3 is 5.97 Å². The van der Waals surface area contributed by atoms with Gasteiger partial charge in [0.25, 0.3) is 0 Å². The number of aliphatic carboxylic acids is 1. The molecule has 5 aliphatic carbocycles. The number of aliphatic hydroxyl groups is 2. The minimum Gasteiger partial charge on any atom is -0.481 e. The third kappa shape index (κ3) is 5.18. The van der Waals surface area contributed by atoms with Crippen LogP contribution in [0.15, 0.2) is 24.3 Å². The van der Waals surface area contributed by atoms with Crippen molar-refractivity contribution in [2.75, 3.05) is 20.3 Å². The van der Waals surface area contributed by atoms with E-state index in [0.29, 0.717) is 24.9 Å². The summed E-state index contributed by atoms with van der Waals surface area (Å²) < 4.78 is 12.2. The smallest absolute Gasteiger partial charge is 0.309 e. The van der Waals surface area contributed by atoms with Crippen LogP contribution in [-0.4, -0.2) is 53.5 Å². The van der Waals surface area contributed by atoms with Crippen molar-refractivity contribution in [2.45, 2.75) is 169 Å². The highest BCUT2D eigenvalue weighted by molar-refractivity contribution is 5.74. The summed E-state index contributed by atoms with van der Waals surface area (Å²) in [5, 5.41) is 34.9. The topological polar surface area (TPSA) is 96.2 Å². The largest absolute Gasteiger partial charge is 0.481 e. The standard InChI is InChI=1S/C46H72O6/c1-8-9-10-11-18-43-25-24-42(6)35(41(43,5)23-22-39(3)20-21-40(4,38(48)49)30-36(39)43)16-19-45-32(2)46(50,27-26-44(42,45)31-47)52-37(45)29-34-14-12-33(13-15-34)17-28-51-7/h12-15,32,35-37,47,50H,8-11,16-31H2,1-7H3,(H,48,49). The molecule has 1 spiro atoms. The van der Waals surface area contributed by atoms with Crippen LogP contribution in [0.1, 0.15) is 155 Å². The van der Waals surface area contributed by atoms with Crippen LogP contribution in [0.3, 0.4) is 0 Å². The zero-order valence-electron chi connectivity index (χ0n) is 33.8. The summed E-state index contributed by atoms with van der Waals surface area (Å²) in [5.41, 5.74) is 1.34. The van der Waals surface area contributed by atoms with Gasteiger partial charge in [0.1, 0.15) is 0 Å². The van der Waals surface area contributed by atoms with Crippen molar-refractivity contribution in [3.63, 3.8) is 0 Å². The van der Waals surface area contributed by atoms with E-state index in [1.165, 1.54) is 56.1 Å². The van der Waals surface area contributed by atoms with Crippen molar-refractivity contribution in [3.8, 4) is 0 Å². The number of fused-ring (bicyclic) bond motifs is 7. The number of unbranched alkanes of at least 4 members (excludes halogenated alkanes) is 3. The lowest BCUT2D eigenvalue weighted by molar-refractivity contribution is -0.311. The van der Waals surface area contributed by atoms with Crippen LogP contribution in [0.5, 0.6) is 0 Å². The van der Waals surface area contributed by atoms with Crippen molar-refractivity contribution in [1.29, 1.82) is 0 Å². The van der Waals surface area contributed by atoms with E-state index in [9.17, 15) is 20.1 Å². The highest BCUT2D eigenvalue weighted by Crippen LogP contribution is 2.84. The first-order valence-corrected chi connectivity index (χ1v) is 21.4. The fourth-order valence-corrected chi connectivity index (χ4v) is 15.6. The molecule has 2 bridgehead atoms. The number of aliphatic hydroxyl groups excluding tert-OH is 1. The van der Waals surface area contributed by atoms with Crippen LogP contribution in [0.4, 0.5) is 0 Å². The lowest BCUT2D eigenvalue weighted by atomic mass is 9.26. The number of benzene rings is 1. The Balaban J connectivity index is 1.29. The zero-order chi connectivity index (χ0) is 37.4. The highest BCUT2D eigenvalue weighted by Gasteiger charge is 2.81. The summed E-state index contributed by atoms with van der Waals surface area (Å²) in [6, 6.07) is 8.89. The maximum Gasteiger partial charge on any atom is 0.309 e. The SMILES string of the molecule is CCCCCCC12CCC3(C)C(CCC45C(Cc6ccc(CCOC)cc6)OC(O)(CCC34CO)C5C)C1(C)CCC1(C)CCC(C)(C(=O)O)CC12. The van der Waals surface area contributed by atoms with Crippen molar-refractivity contribution >= 4 is 5.97 Å². The lowest BCUT2D eigenvalue weighted by Crippen LogP contribution is -2.74. The Kier molecular flexibility index (Phi) is 9.95. The Hall–Kier alpha value is -1.47. The molecule has 0 radical (unpaired) electrons. The molecule has 5 saturated carbocycles. The molecule has 12 unspecified atom stereocenters. The van der Waals surface area contributed by atoms with Crippen LogP contribution in [-0.2, 0) is 27.1 Å². The molecule has 0 aromatic heterocycles. The lowest BCUT2D eigenvalue weighted by Gasteiger charge is -2.78. The van der Waals surface area contributed by atoms with E-state index in [1.807, 2.05) is 6.92 Å². The summed E-state index contributed by atoms with van der Waals surface area (Å²) in [6.45, 7) is 15.2. The molecule has 7 rings (SSSR count). The minimum absolute atomic E-state index is 0.0565. The molecule has 3 N–H and O–H groups in total. The molecule has 12 atom stereocenters. The second-order valence-corrected chi connectivity index (χ2v) is 20.4. The number of methoxy groups -OCH3 is 1. The molecule has 0 amide bonds. The third-order valence-electron chi connectivity index (χ3n) is 18.8. The summed E-state index contributed by atoms with van der Waals surface area (Å²) in [6.07, 6.45) is 18.2. The third-order valence-corrected chi connectivity index (χ3v) is 18.8. The maximum atomic E-state index is 12.9. The average molecular weight is 721 g/mol. The average Bonchev–Trinajstić information content (AvgIpc) is 3.24. The molecule has 1 aliphatic heterocycles. The van der Waals surface area contributed by atoms with E-state index >= 15 is 0 Å². The van der Waals surface area contributed by atoms with Crippen molar-refractivity contribution in [3.05, 3.63) is 35.4 Å². The Labute approximate surface area is 315 Å². The van der Waals surface area contributed by atoms with Gasteiger partial charge in [0.15, 0.2) is 5.79 Å². The zero-order valence-corrected chi connectivity index (χ0v) is 33.8. The molecule has 292 valence electrons. The molecule has 1 aromatic rings. The predicted molar refractivity (Wildman–Crippen MR) is 206 cm³/mol. The monoisotopic (exact) mass is 721 g/mol. The molecule has 6 heteroatoms. The number of carboxylic acids is 1. The van der Waals surface area contributed by atoms with Gasteiger partial charge < -0.3 is 24.8 Å². The van der Waals surface area contributed by atoms with Crippen molar-refractivity contribution in [1.82, 2.24) is 0 Å². The Morgan fingerprint density at radius 2 is 1.56 bits per heavy atom. The first-order chi connectivity index (χ1) is 24.6. The number of hydrogen-bond acceptors (Lipinski definition) is 5. The minimum atomic E-state index is -1.16. The number of ether oxygens (including phenoxy) is 2. The van der Waals surface area contributed by atoms with Crippen LogP contribution in [0.2, 0.25) is 0 Å². The molecule has 6 nitrogen and oxygen atoms in total. The van der Waals surface area contributed by atoms with Gasteiger partial charge in [-0.1, -0.05) is 84.6 Å². The second-order valence-electron chi connectivity index (χ2n) is 20.4. The van der Waals surface area contributed by atoms with E-state index < -0.39 is 17.2 Å². The van der Waals surface area contributed by atoms with Gasteiger partial charge in [-0.3, -0.25) is 4.79 Å². The summed E-state index contributed by atoms with van der Waals surface area (Å²) >= 11 is 0. The van der Waals surface area contributed by atoms with Crippen LogP contribution < -0.4 is 0 Å². The molecule has 6 aliphatic rings. The molecule has 1 saturated heterocycles. The molecule has 1 aromatic carbocycles. The molecular formula is C46H72O6. The quantitative estimate of drug-likeness (QED) is 0.186. The van der Waals surface area contributed by atoms with E-state index in [0.717, 1.165) is 64.2 Å². The first-order valence-electron chi connectivity index (χ1n) is 21.4. The van der Waals surface area contributed by atoms with Gasteiger partial charge in [-0.25, -0.2) is 0 Å². The molecule has 1 heterocycles. The van der Waals surface area contributed by atoms with Gasteiger partial charge in [0, 0.05) is 36.9 Å². The second kappa shape index (κ2) is 13.3. The predicted octanol–water partition coefficient (Wildman–Crippen LogP) is 9.76. The van der Waals surface area contributed by atoms with Crippen LogP contribution >= 0.6 is 0 Å². The summed E-state index contributed by atoms with van der Waals surface area (Å²) in [5.74, 6) is -1.02. The van der Waals surface area contributed by atoms with Gasteiger partial charge in [0.05, 0.1) is 18.1 Å². The Morgan fingerprint density at radius 1 is 0.865 bits per heavy atom. The van der Waals surface area contributed by atoms with Gasteiger partial charge in [-0.05, 0) is 135 Å². The summed E-state index contributed by atoms with van der Waals surface area (Å²) in [4.78, 5) is 12.9. The molecule has 6 fully saturated rings. The van der Waals surface area contributed by atoms with E-state index in [1.54, 1.807) is 7.11 Å². The van der Waals surface area contributed by atoms with E-state index in [4.69, 9.17) is 9.47 Å². The fourth-order valence-electron chi connectivity index (χ4n) is 15.6. The Bertz CT molecular complexity index is 1480. The van der Waals surface area contributed by atoms with Crippen molar-refractivity contribution < 1.29 is 29.6 Å². The number of carboxylic acid groups (broad SMARTS) is 1. The number of carbonyl (C=O) groups is 1. The summed E-state index contributed by atoms with van der Waals surface area (Å²) in [7, 11) is 1.74. The number of rotatable bonds is 12. The molecule has 52 heavy (non-hydrogen) atoms. The maximum absolute atomic E-state index is 12.9. The van der Waals surface area contributed by atoms with E-state index in [-0.39, 0.29) is 51.1 Å². The highest BCUT2D eigenvalue weighted by atomic mass is 16.6. The first kappa shape index (κ1) is 38.8. The fraction of sp³-hybridized carbons (Fsp3) is 0.848. The normalized spacial score (nSPS) is 47.9. The Morgan fingerprint density at radius 3 is 2.23 bits per heavy atom. The molecular weight excluding hydrogens is 649 g/mol. The van der Waals surface area contributed by atoms with Gasteiger partial charge in [-0.2, -0.15) is 0 Å².